The number of benzene rings is 2. The van der Waals surface area contributed by atoms with E-state index in [0.717, 1.165) is 48.2 Å². The number of aromatic hydroxyl groups is 1. The average Bonchev–Trinajstić information content (AvgIpc) is 2.86. The molecule has 1 aliphatic rings. The number of aromatic nitrogens is 2. The summed E-state index contributed by atoms with van der Waals surface area (Å²) in [7, 11) is 1.32. The van der Waals surface area contributed by atoms with Crippen LogP contribution in [0.4, 0.5) is 0 Å². The lowest BCUT2D eigenvalue weighted by molar-refractivity contribution is -0.918. The minimum atomic E-state index is -0.544. The number of hydrogen-bond donors (Lipinski definition) is 2. The molecule has 0 radical (unpaired) electrons. The first-order valence-corrected chi connectivity index (χ1v) is 11.4. The van der Waals surface area contributed by atoms with Crippen LogP contribution in [0.3, 0.4) is 0 Å². The lowest BCUT2D eigenvalue weighted by Gasteiger charge is -2.32. The maximum absolute atomic E-state index is 12.4. The Morgan fingerprint density at radius 3 is 2.68 bits per heavy atom. The predicted molar refractivity (Wildman–Crippen MR) is 128 cm³/mol. The van der Waals surface area contributed by atoms with Gasteiger partial charge in [-0.05, 0) is 29.0 Å². The highest BCUT2D eigenvalue weighted by molar-refractivity contribution is 6.00. The number of phenols is 1. The molecule has 3 heterocycles. The number of nitrogens with zero attached hydrogens (tertiary/aromatic N) is 3. The van der Waals surface area contributed by atoms with Crippen molar-refractivity contribution in [1.82, 2.24) is 14.3 Å². The summed E-state index contributed by atoms with van der Waals surface area (Å²) in [6.45, 7) is 4.69. The summed E-state index contributed by atoms with van der Waals surface area (Å²) >= 11 is 0. The molecular formula is C26H27N4O4+. The van der Waals surface area contributed by atoms with Crippen molar-refractivity contribution in [1.29, 1.82) is 0 Å². The highest BCUT2D eigenvalue weighted by Gasteiger charge is 2.24. The molecule has 0 saturated carbocycles. The van der Waals surface area contributed by atoms with E-state index in [0.29, 0.717) is 18.7 Å². The highest BCUT2D eigenvalue weighted by atomic mass is 16.5. The summed E-state index contributed by atoms with van der Waals surface area (Å²) in [6.07, 6.45) is 1.73. The third-order valence-electron chi connectivity index (χ3n) is 6.53. The lowest BCUT2D eigenvalue weighted by atomic mass is 9.98. The van der Waals surface area contributed by atoms with E-state index in [9.17, 15) is 14.7 Å². The summed E-state index contributed by atoms with van der Waals surface area (Å²) in [5.41, 5.74) is 2.33. The molecular weight excluding hydrogens is 432 g/mol. The van der Waals surface area contributed by atoms with Gasteiger partial charge in [-0.3, -0.25) is 14.1 Å². The van der Waals surface area contributed by atoms with Crippen molar-refractivity contribution in [2.45, 2.75) is 13.1 Å². The smallest absolute Gasteiger partial charge is 0.341 e. The van der Waals surface area contributed by atoms with E-state index >= 15 is 0 Å². The fourth-order valence-corrected chi connectivity index (χ4v) is 4.71. The number of carbonyl (C=O) groups excluding carboxylic acids is 1. The summed E-state index contributed by atoms with van der Waals surface area (Å²) in [4.78, 5) is 32.9. The van der Waals surface area contributed by atoms with Crippen molar-refractivity contribution in [2.75, 3.05) is 33.3 Å². The number of fused-ring (bicyclic) bond motifs is 2. The molecule has 0 amide bonds. The fraction of sp³-hybridized carbons (Fsp3) is 0.269. The molecule has 0 aliphatic carbocycles. The predicted octanol–water partition coefficient (Wildman–Crippen LogP) is 1.24. The van der Waals surface area contributed by atoms with Crippen molar-refractivity contribution in [3.63, 3.8) is 0 Å². The van der Waals surface area contributed by atoms with E-state index in [1.807, 2.05) is 42.5 Å². The molecule has 2 aromatic heterocycles. The molecule has 34 heavy (non-hydrogen) atoms. The fourth-order valence-electron chi connectivity index (χ4n) is 4.71. The number of ether oxygens (including phenoxy) is 1. The van der Waals surface area contributed by atoms with Gasteiger partial charge in [-0.1, -0.05) is 30.3 Å². The molecule has 2 aromatic carbocycles. The molecule has 0 bridgehead atoms. The number of methoxy groups -OCH3 is 1. The molecule has 1 saturated heterocycles. The van der Waals surface area contributed by atoms with E-state index in [1.54, 1.807) is 22.7 Å². The van der Waals surface area contributed by atoms with Crippen LogP contribution in [0.25, 0.3) is 16.4 Å². The molecule has 1 aliphatic heterocycles. The molecule has 2 N–H and O–H groups in total. The van der Waals surface area contributed by atoms with Crippen LogP contribution in [-0.2, 0) is 17.8 Å². The summed E-state index contributed by atoms with van der Waals surface area (Å²) in [6, 6.07) is 16.6. The maximum atomic E-state index is 12.4. The summed E-state index contributed by atoms with van der Waals surface area (Å²) < 4.78 is 6.42. The number of pyridine rings is 1. The number of hydrogen-bond acceptors (Lipinski definition) is 6. The van der Waals surface area contributed by atoms with Gasteiger partial charge < -0.3 is 14.7 Å². The van der Waals surface area contributed by atoms with Crippen molar-refractivity contribution in [3.05, 3.63) is 88.0 Å². The number of quaternary nitrogens is 1. The van der Waals surface area contributed by atoms with Gasteiger partial charge in [0.25, 0.3) is 5.56 Å². The summed E-state index contributed by atoms with van der Waals surface area (Å²) in [5.74, 6) is -0.557. The third-order valence-corrected chi connectivity index (χ3v) is 6.53. The van der Waals surface area contributed by atoms with Crippen LogP contribution in [0.1, 0.15) is 21.6 Å². The van der Waals surface area contributed by atoms with Crippen LogP contribution in [0, 0.1) is 0 Å². The molecule has 5 rings (SSSR count). The summed E-state index contributed by atoms with van der Waals surface area (Å²) in [5, 5.41) is 12.7. The number of carbonyl (C=O) groups is 1. The van der Waals surface area contributed by atoms with Crippen LogP contribution in [0.15, 0.2) is 65.6 Å². The van der Waals surface area contributed by atoms with Gasteiger partial charge >= 0.3 is 5.97 Å². The first kappa shape index (κ1) is 22.1. The van der Waals surface area contributed by atoms with E-state index < -0.39 is 5.97 Å². The number of nitrogens with one attached hydrogen (secondary N) is 1. The molecule has 1 fully saturated rings. The molecule has 0 spiro atoms. The standard InChI is InChI=1S/C26H26N4O4/c1-34-26(33)21-14-18-6-2-3-7-20(18)22(25(21)32)17-29-12-10-28(11-13-29)16-19-15-24(31)30-9-5-4-8-23(30)27-19/h2-9,14-15,32H,10-13,16-17H2,1H3/p+1. The van der Waals surface area contributed by atoms with Gasteiger partial charge in [-0.25, -0.2) is 9.78 Å². The second-order valence-electron chi connectivity index (χ2n) is 8.68. The number of phenolic OH excluding ortho intramolecular Hbond substituents is 1. The Hall–Kier alpha value is -3.75. The minimum Gasteiger partial charge on any atom is -0.507 e. The lowest BCUT2D eigenvalue weighted by Crippen LogP contribution is -3.13. The van der Waals surface area contributed by atoms with Crippen LogP contribution in [0.2, 0.25) is 0 Å². The first-order valence-electron chi connectivity index (χ1n) is 11.4. The van der Waals surface area contributed by atoms with Gasteiger partial charge in [0, 0.05) is 37.5 Å². The zero-order valence-corrected chi connectivity index (χ0v) is 19.0. The maximum Gasteiger partial charge on any atom is 0.341 e. The number of piperazine rings is 1. The molecule has 8 nitrogen and oxygen atoms in total. The SMILES string of the molecule is COC(=O)c1cc2ccccc2c(CN2CC[NH+](Cc3cc(=O)n4ccccc4n3)CC2)c1O. The van der Waals surface area contributed by atoms with Gasteiger partial charge in [0.05, 0.1) is 20.2 Å². The van der Waals surface area contributed by atoms with Crippen LogP contribution in [-0.4, -0.2) is 58.6 Å². The Labute approximate surface area is 196 Å². The normalized spacial score (nSPS) is 15.1. The van der Waals surface area contributed by atoms with Crippen molar-refractivity contribution >= 4 is 22.4 Å². The Morgan fingerprint density at radius 1 is 1.12 bits per heavy atom. The van der Waals surface area contributed by atoms with Gasteiger partial charge in [0.2, 0.25) is 0 Å². The molecule has 0 unspecified atom stereocenters. The second kappa shape index (κ2) is 9.24. The Morgan fingerprint density at radius 2 is 1.88 bits per heavy atom. The van der Waals surface area contributed by atoms with Gasteiger partial charge in [-0.15, -0.1) is 0 Å². The van der Waals surface area contributed by atoms with Crippen molar-refractivity contribution in [2.24, 2.45) is 0 Å². The largest absolute Gasteiger partial charge is 0.507 e. The van der Waals surface area contributed by atoms with Gasteiger partial charge in [-0.2, -0.15) is 0 Å². The Bertz CT molecular complexity index is 1420. The van der Waals surface area contributed by atoms with Gasteiger partial charge in [0.15, 0.2) is 0 Å². The zero-order chi connectivity index (χ0) is 23.7. The zero-order valence-electron chi connectivity index (χ0n) is 19.0. The Kier molecular flexibility index (Phi) is 6.00. The van der Waals surface area contributed by atoms with E-state index in [2.05, 4.69) is 9.88 Å². The monoisotopic (exact) mass is 459 g/mol. The Balaban J connectivity index is 1.31. The van der Waals surface area contributed by atoms with E-state index in [-0.39, 0.29) is 16.9 Å². The minimum absolute atomic E-state index is 0.0128. The topological polar surface area (TPSA) is 88.6 Å². The number of esters is 1. The van der Waals surface area contributed by atoms with Crippen LogP contribution < -0.4 is 10.5 Å². The molecule has 4 aromatic rings. The molecule has 8 heteroatoms. The quantitative estimate of drug-likeness (QED) is 0.437. The molecule has 0 atom stereocenters. The second-order valence-corrected chi connectivity index (χ2v) is 8.68. The first-order chi connectivity index (χ1) is 16.5. The van der Waals surface area contributed by atoms with Crippen LogP contribution in [0.5, 0.6) is 5.75 Å². The van der Waals surface area contributed by atoms with E-state index in [1.165, 1.54) is 12.0 Å². The van der Waals surface area contributed by atoms with Gasteiger partial charge in [0.1, 0.15) is 29.2 Å². The average molecular weight is 460 g/mol. The highest BCUT2D eigenvalue weighted by Crippen LogP contribution is 2.33. The van der Waals surface area contributed by atoms with Crippen LogP contribution >= 0.6 is 0 Å². The molecule has 174 valence electrons. The van der Waals surface area contributed by atoms with E-state index in [4.69, 9.17) is 4.74 Å². The number of rotatable bonds is 5. The third kappa shape index (κ3) is 4.25. The van der Waals surface area contributed by atoms with Crippen molar-refractivity contribution in [3.8, 4) is 5.75 Å². The van der Waals surface area contributed by atoms with Crippen molar-refractivity contribution < 1.29 is 19.5 Å².